The SMILES string of the molecule is COc1cc(OC)cc(C(=O)Nc2c(C(=O)N3CCN(c4ccccc4OC)CC3)oc3ccccc23)c1. The Labute approximate surface area is 220 Å². The molecule has 0 radical (unpaired) electrons. The minimum atomic E-state index is -0.413. The predicted octanol–water partition coefficient (Wildman–Crippen LogP) is 4.67. The van der Waals surface area contributed by atoms with E-state index in [1.807, 2.05) is 42.5 Å². The van der Waals surface area contributed by atoms with Gasteiger partial charge in [0, 0.05) is 43.2 Å². The normalized spacial score (nSPS) is 13.3. The third kappa shape index (κ3) is 4.82. The van der Waals surface area contributed by atoms with Crippen LogP contribution in [0.1, 0.15) is 20.9 Å². The van der Waals surface area contributed by atoms with E-state index in [0.717, 1.165) is 11.4 Å². The molecule has 0 aliphatic carbocycles. The van der Waals surface area contributed by atoms with Crippen molar-refractivity contribution in [1.29, 1.82) is 0 Å². The number of anilines is 2. The number of para-hydroxylation sites is 3. The van der Waals surface area contributed by atoms with Crippen LogP contribution in [0.2, 0.25) is 0 Å². The van der Waals surface area contributed by atoms with Crippen molar-refractivity contribution in [2.45, 2.75) is 0 Å². The molecule has 5 rings (SSSR count). The Kier molecular flexibility index (Phi) is 7.08. The molecule has 4 aromatic rings. The van der Waals surface area contributed by atoms with Gasteiger partial charge in [0.05, 0.1) is 27.0 Å². The van der Waals surface area contributed by atoms with Crippen LogP contribution in [0, 0.1) is 0 Å². The van der Waals surface area contributed by atoms with Gasteiger partial charge in [-0.15, -0.1) is 0 Å². The van der Waals surface area contributed by atoms with Crippen LogP contribution < -0.4 is 24.4 Å². The molecule has 0 bridgehead atoms. The van der Waals surface area contributed by atoms with Crippen LogP contribution in [-0.4, -0.2) is 64.2 Å². The molecule has 2 heterocycles. The van der Waals surface area contributed by atoms with Crippen LogP contribution in [0.5, 0.6) is 17.2 Å². The number of rotatable bonds is 7. The molecule has 1 aromatic heterocycles. The topological polar surface area (TPSA) is 93.5 Å². The first-order valence-electron chi connectivity index (χ1n) is 12.3. The summed E-state index contributed by atoms with van der Waals surface area (Å²) in [7, 11) is 4.69. The van der Waals surface area contributed by atoms with Crippen LogP contribution in [0.4, 0.5) is 11.4 Å². The molecule has 0 spiro atoms. The van der Waals surface area contributed by atoms with Crippen molar-refractivity contribution in [3.05, 3.63) is 78.1 Å². The van der Waals surface area contributed by atoms with Gasteiger partial charge < -0.3 is 33.7 Å². The van der Waals surface area contributed by atoms with Crippen molar-refractivity contribution in [3.8, 4) is 17.2 Å². The molecule has 1 N–H and O–H groups in total. The molecular weight excluding hydrogens is 486 g/mol. The van der Waals surface area contributed by atoms with Gasteiger partial charge >= 0.3 is 0 Å². The minimum absolute atomic E-state index is 0.0974. The van der Waals surface area contributed by atoms with Crippen molar-refractivity contribution < 1.29 is 28.2 Å². The zero-order valence-electron chi connectivity index (χ0n) is 21.5. The molecule has 1 fully saturated rings. The first kappa shape index (κ1) is 25.0. The largest absolute Gasteiger partial charge is 0.497 e. The fraction of sp³-hybridized carbons (Fsp3) is 0.241. The van der Waals surface area contributed by atoms with Gasteiger partial charge in [0.2, 0.25) is 5.76 Å². The molecule has 0 saturated carbocycles. The summed E-state index contributed by atoms with van der Waals surface area (Å²) in [4.78, 5) is 30.9. The quantitative estimate of drug-likeness (QED) is 0.382. The number of hydrogen-bond acceptors (Lipinski definition) is 7. The number of carbonyl (C=O) groups excluding carboxylic acids is 2. The molecule has 2 amide bonds. The van der Waals surface area contributed by atoms with E-state index in [0.29, 0.717) is 59.9 Å². The van der Waals surface area contributed by atoms with E-state index < -0.39 is 5.91 Å². The highest BCUT2D eigenvalue weighted by atomic mass is 16.5. The summed E-state index contributed by atoms with van der Waals surface area (Å²) in [6.07, 6.45) is 0. The van der Waals surface area contributed by atoms with E-state index >= 15 is 0 Å². The zero-order chi connectivity index (χ0) is 26.6. The molecule has 0 unspecified atom stereocenters. The molecule has 196 valence electrons. The van der Waals surface area contributed by atoms with Gasteiger partial charge in [-0.2, -0.15) is 0 Å². The highest BCUT2D eigenvalue weighted by molar-refractivity contribution is 6.14. The number of nitrogens with one attached hydrogen (secondary N) is 1. The Morgan fingerprint density at radius 1 is 0.816 bits per heavy atom. The number of benzene rings is 3. The second kappa shape index (κ2) is 10.8. The molecule has 1 aliphatic heterocycles. The van der Waals surface area contributed by atoms with Crippen molar-refractivity contribution in [1.82, 2.24) is 4.90 Å². The Bertz CT molecular complexity index is 1450. The zero-order valence-corrected chi connectivity index (χ0v) is 21.5. The lowest BCUT2D eigenvalue weighted by Crippen LogP contribution is -2.49. The van der Waals surface area contributed by atoms with E-state index in [4.69, 9.17) is 18.6 Å². The van der Waals surface area contributed by atoms with Crippen LogP contribution in [0.15, 0.2) is 71.1 Å². The van der Waals surface area contributed by atoms with E-state index in [1.54, 1.807) is 36.3 Å². The van der Waals surface area contributed by atoms with Gasteiger partial charge in [0.1, 0.15) is 28.5 Å². The highest BCUT2D eigenvalue weighted by Gasteiger charge is 2.30. The van der Waals surface area contributed by atoms with Gasteiger partial charge in [-0.1, -0.05) is 24.3 Å². The molecule has 38 heavy (non-hydrogen) atoms. The fourth-order valence-corrected chi connectivity index (χ4v) is 4.63. The van der Waals surface area contributed by atoms with Crippen molar-refractivity contribution in [2.24, 2.45) is 0 Å². The monoisotopic (exact) mass is 515 g/mol. The number of nitrogens with zero attached hydrogens (tertiary/aromatic N) is 2. The average molecular weight is 516 g/mol. The summed E-state index contributed by atoms with van der Waals surface area (Å²) >= 11 is 0. The number of methoxy groups -OCH3 is 3. The number of carbonyl (C=O) groups is 2. The second-order valence-corrected chi connectivity index (χ2v) is 8.81. The van der Waals surface area contributed by atoms with E-state index in [2.05, 4.69) is 10.2 Å². The highest BCUT2D eigenvalue weighted by Crippen LogP contribution is 2.34. The Morgan fingerprint density at radius 3 is 2.16 bits per heavy atom. The molecule has 1 aliphatic rings. The predicted molar refractivity (Wildman–Crippen MR) is 145 cm³/mol. The number of ether oxygens (including phenoxy) is 3. The Morgan fingerprint density at radius 2 is 1.47 bits per heavy atom. The summed E-state index contributed by atoms with van der Waals surface area (Å²) in [5.74, 6) is 1.17. The Hall–Kier alpha value is -4.66. The van der Waals surface area contributed by atoms with Gasteiger partial charge in [-0.05, 0) is 36.4 Å². The van der Waals surface area contributed by atoms with Crippen LogP contribution in [0.3, 0.4) is 0 Å². The summed E-state index contributed by atoms with van der Waals surface area (Å²) in [6.45, 7) is 2.26. The van der Waals surface area contributed by atoms with Crippen molar-refractivity contribution >= 4 is 34.2 Å². The summed E-state index contributed by atoms with van der Waals surface area (Å²) < 4.78 is 22.1. The maximum absolute atomic E-state index is 13.7. The number of piperazine rings is 1. The first-order valence-corrected chi connectivity index (χ1v) is 12.3. The number of furan rings is 1. The third-order valence-electron chi connectivity index (χ3n) is 6.63. The van der Waals surface area contributed by atoms with E-state index in [1.165, 1.54) is 14.2 Å². The maximum atomic E-state index is 13.7. The third-order valence-corrected chi connectivity index (χ3v) is 6.63. The van der Waals surface area contributed by atoms with Crippen molar-refractivity contribution in [2.75, 3.05) is 57.7 Å². The maximum Gasteiger partial charge on any atom is 0.291 e. The fourth-order valence-electron chi connectivity index (χ4n) is 4.63. The minimum Gasteiger partial charge on any atom is -0.497 e. The summed E-state index contributed by atoms with van der Waals surface area (Å²) in [6, 6.07) is 20.0. The first-order chi connectivity index (χ1) is 18.5. The second-order valence-electron chi connectivity index (χ2n) is 8.81. The molecule has 9 heteroatoms. The van der Waals surface area contributed by atoms with E-state index in [9.17, 15) is 9.59 Å². The molecule has 9 nitrogen and oxygen atoms in total. The smallest absolute Gasteiger partial charge is 0.291 e. The number of hydrogen-bond donors (Lipinski definition) is 1. The Balaban J connectivity index is 1.40. The van der Waals surface area contributed by atoms with E-state index in [-0.39, 0.29) is 11.7 Å². The molecule has 1 saturated heterocycles. The van der Waals surface area contributed by atoms with Crippen molar-refractivity contribution in [3.63, 3.8) is 0 Å². The lowest BCUT2D eigenvalue weighted by atomic mass is 10.1. The van der Waals surface area contributed by atoms with Gasteiger partial charge in [0.25, 0.3) is 11.8 Å². The van der Waals surface area contributed by atoms with Crippen LogP contribution in [-0.2, 0) is 0 Å². The number of amides is 2. The lowest BCUT2D eigenvalue weighted by Gasteiger charge is -2.36. The van der Waals surface area contributed by atoms with Gasteiger partial charge in [-0.3, -0.25) is 9.59 Å². The molecular formula is C29H29N3O6. The molecule has 0 atom stereocenters. The summed E-state index contributed by atoms with van der Waals surface area (Å²) in [5.41, 5.74) is 2.18. The lowest BCUT2D eigenvalue weighted by molar-refractivity contribution is 0.0718. The van der Waals surface area contributed by atoms with Crippen LogP contribution in [0.25, 0.3) is 11.0 Å². The summed E-state index contributed by atoms with van der Waals surface area (Å²) in [5, 5.41) is 3.55. The number of fused-ring (bicyclic) bond motifs is 1. The standard InChI is InChI=1S/C29H29N3O6/c1-35-20-16-19(17-21(18-20)36-2)28(33)30-26-22-8-4-6-10-24(22)38-27(26)29(34)32-14-12-31(13-15-32)23-9-5-7-11-25(23)37-3/h4-11,16-18H,12-15H2,1-3H3,(H,30,33). The average Bonchev–Trinajstić information content (AvgIpc) is 3.34. The van der Waals surface area contributed by atoms with Gasteiger partial charge in [-0.25, -0.2) is 0 Å². The molecule has 3 aromatic carbocycles. The van der Waals surface area contributed by atoms with Crippen LogP contribution >= 0.6 is 0 Å². The van der Waals surface area contributed by atoms with Gasteiger partial charge in [0.15, 0.2) is 0 Å².